The average Bonchev–Trinajstić information content (AvgIpc) is 3.23. The number of hydrogen-bond donors (Lipinski definition) is 0. The van der Waals surface area contributed by atoms with Crippen LogP contribution in [0.2, 0.25) is 0 Å². The molecule has 1 fully saturated rings. The van der Waals surface area contributed by atoms with E-state index >= 15 is 0 Å². The van der Waals surface area contributed by atoms with Gasteiger partial charge < -0.3 is 23.5 Å². The first kappa shape index (κ1) is 14.6. The molecule has 0 aliphatic carbocycles. The van der Waals surface area contributed by atoms with E-state index < -0.39 is 0 Å². The monoisotopic (exact) mass is 306 g/mol. The number of benzene rings is 1. The van der Waals surface area contributed by atoms with E-state index in [1.54, 1.807) is 33.5 Å². The summed E-state index contributed by atoms with van der Waals surface area (Å²) in [6.07, 6.45) is 1.80. The molecule has 0 amide bonds. The van der Waals surface area contributed by atoms with Crippen LogP contribution in [0, 0.1) is 0 Å². The van der Waals surface area contributed by atoms with Gasteiger partial charge in [0.05, 0.1) is 21.3 Å². The lowest BCUT2D eigenvalue weighted by Gasteiger charge is -2.12. The van der Waals surface area contributed by atoms with Crippen molar-refractivity contribution in [3.63, 3.8) is 0 Å². The van der Waals surface area contributed by atoms with E-state index in [-0.39, 0.29) is 6.10 Å². The summed E-state index contributed by atoms with van der Waals surface area (Å²) in [6.45, 7) is 0.729. The number of hydrogen-bond acceptors (Lipinski definition) is 7. The Kier molecular flexibility index (Phi) is 4.15. The molecule has 1 aromatic heterocycles. The zero-order chi connectivity index (χ0) is 15.5. The van der Waals surface area contributed by atoms with Crippen LogP contribution in [-0.4, -0.2) is 38.1 Å². The predicted molar refractivity (Wildman–Crippen MR) is 77.3 cm³/mol. The SMILES string of the molecule is COc1cc(-c2noc(C3CCCO3)n2)cc(OC)c1OC. The van der Waals surface area contributed by atoms with Crippen molar-refractivity contribution in [3.8, 4) is 28.6 Å². The van der Waals surface area contributed by atoms with Crippen molar-refractivity contribution in [2.75, 3.05) is 27.9 Å². The number of aromatic nitrogens is 2. The molecule has 118 valence electrons. The minimum Gasteiger partial charge on any atom is -0.493 e. The minimum atomic E-state index is -0.108. The number of ether oxygens (including phenoxy) is 4. The molecule has 0 radical (unpaired) electrons. The van der Waals surface area contributed by atoms with Crippen LogP contribution in [0.15, 0.2) is 16.7 Å². The second-order valence-corrected chi connectivity index (χ2v) is 4.87. The van der Waals surface area contributed by atoms with Crippen molar-refractivity contribution >= 4 is 0 Å². The third-order valence-electron chi connectivity index (χ3n) is 3.57. The topological polar surface area (TPSA) is 75.8 Å². The Bertz CT molecular complexity index is 624. The fourth-order valence-corrected chi connectivity index (χ4v) is 2.47. The summed E-state index contributed by atoms with van der Waals surface area (Å²) in [4.78, 5) is 4.41. The van der Waals surface area contributed by atoms with E-state index in [2.05, 4.69) is 10.1 Å². The summed E-state index contributed by atoms with van der Waals surface area (Å²) >= 11 is 0. The van der Waals surface area contributed by atoms with Crippen molar-refractivity contribution in [2.45, 2.75) is 18.9 Å². The number of nitrogens with zero attached hydrogens (tertiary/aromatic N) is 2. The normalized spacial score (nSPS) is 17.5. The zero-order valence-electron chi connectivity index (χ0n) is 12.8. The van der Waals surface area contributed by atoms with Crippen LogP contribution in [0.5, 0.6) is 17.2 Å². The fourth-order valence-electron chi connectivity index (χ4n) is 2.47. The van der Waals surface area contributed by atoms with E-state index in [0.717, 1.165) is 25.0 Å². The number of methoxy groups -OCH3 is 3. The van der Waals surface area contributed by atoms with Gasteiger partial charge in [-0.3, -0.25) is 0 Å². The summed E-state index contributed by atoms with van der Waals surface area (Å²) in [5.41, 5.74) is 0.725. The van der Waals surface area contributed by atoms with Crippen LogP contribution in [-0.2, 0) is 4.74 Å². The molecule has 0 spiro atoms. The van der Waals surface area contributed by atoms with Gasteiger partial charge in [0, 0.05) is 12.2 Å². The predicted octanol–water partition coefficient (Wildman–Crippen LogP) is 2.61. The lowest BCUT2D eigenvalue weighted by molar-refractivity contribution is 0.0835. The van der Waals surface area contributed by atoms with Crippen LogP contribution in [0.1, 0.15) is 24.8 Å². The standard InChI is InChI=1S/C15H18N2O5/c1-18-11-7-9(8-12(19-2)13(11)20-3)14-16-15(22-17-14)10-5-4-6-21-10/h7-8,10H,4-6H2,1-3H3. The van der Waals surface area contributed by atoms with Gasteiger partial charge >= 0.3 is 0 Å². The van der Waals surface area contributed by atoms with Gasteiger partial charge in [-0.2, -0.15) is 4.98 Å². The Labute approximate surface area is 128 Å². The molecule has 0 saturated carbocycles. The minimum absolute atomic E-state index is 0.108. The van der Waals surface area contributed by atoms with Crippen molar-refractivity contribution in [1.29, 1.82) is 0 Å². The summed E-state index contributed by atoms with van der Waals surface area (Å²) in [7, 11) is 4.69. The molecular formula is C15H18N2O5. The molecule has 7 heteroatoms. The maximum Gasteiger partial charge on any atom is 0.256 e. The second kappa shape index (κ2) is 6.23. The third kappa shape index (κ3) is 2.59. The van der Waals surface area contributed by atoms with Gasteiger partial charge in [0.25, 0.3) is 5.89 Å². The van der Waals surface area contributed by atoms with E-state index in [1.165, 1.54) is 0 Å². The van der Waals surface area contributed by atoms with Crippen molar-refractivity contribution in [3.05, 3.63) is 18.0 Å². The van der Waals surface area contributed by atoms with Crippen LogP contribution < -0.4 is 14.2 Å². The molecule has 3 rings (SSSR count). The van der Waals surface area contributed by atoms with Crippen LogP contribution >= 0.6 is 0 Å². The highest BCUT2D eigenvalue weighted by Gasteiger charge is 2.25. The highest BCUT2D eigenvalue weighted by molar-refractivity contribution is 5.66. The maximum absolute atomic E-state index is 5.55. The quantitative estimate of drug-likeness (QED) is 0.840. The summed E-state index contributed by atoms with van der Waals surface area (Å²) < 4.78 is 26.8. The zero-order valence-corrected chi connectivity index (χ0v) is 12.8. The maximum atomic E-state index is 5.55. The van der Waals surface area contributed by atoms with Crippen molar-refractivity contribution < 1.29 is 23.5 Å². The van der Waals surface area contributed by atoms with E-state index in [4.69, 9.17) is 23.5 Å². The third-order valence-corrected chi connectivity index (χ3v) is 3.57. The van der Waals surface area contributed by atoms with Crippen LogP contribution in [0.4, 0.5) is 0 Å². The highest BCUT2D eigenvalue weighted by atomic mass is 16.5. The van der Waals surface area contributed by atoms with E-state index in [0.29, 0.717) is 29.0 Å². The summed E-state index contributed by atoms with van der Waals surface area (Å²) in [5.74, 6) is 2.57. The highest BCUT2D eigenvalue weighted by Crippen LogP contribution is 2.40. The lowest BCUT2D eigenvalue weighted by Crippen LogP contribution is -1.97. The van der Waals surface area contributed by atoms with Crippen LogP contribution in [0.3, 0.4) is 0 Å². The largest absolute Gasteiger partial charge is 0.493 e. The molecule has 1 saturated heterocycles. The smallest absolute Gasteiger partial charge is 0.256 e. The molecule has 0 bridgehead atoms. The van der Waals surface area contributed by atoms with Gasteiger partial charge in [-0.1, -0.05) is 5.16 Å². The van der Waals surface area contributed by atoms with Crippen molar-refractivity contribution in [1.82, 2.24) is 10.1 Å². The van der Waals surface area contributed by atoms with E-state index in [1.807, 2.05) is 0 Å². The Morgan fingerprint density at radius 2 is 1.82 bits per heavy atom. The first-order valence-corrected chi connectivity index (χ1v) is 7.02. The van der Waals surface area contributed by atoms with Gasteiger partial charge in [-0.05, 0) is 25.0 Å². The van der Waals surface area contributed by atoms with Gasteiger partial charge in [0.2, 0.25) is 11.6 Å². The molecule has 1 atom stereocenters. The van der Waals surface area contributed by atoms with Gasteiger partial charge in [0.1, 0.15) is 6.10 Å². The lowest BCUT2D eigenvalue weighted by atomic mass is 10.1. The van der Waals surface area contributed by atoms with Gasteiger partial charge in [-0.15, -0.1) is 0 Å². The second-order valence-electron chi connectivity index (χ2n) is 4.87. The van der Waals surface area contributed by atoms with E-state index in [9.17, 15) is 0 Å². The van der Waals surface area contributed by atoms with Crippen LogP contribution in [0.25, 0.3) is 11.4 Å². The fraction of sp³-hybridized carbons (Fsp3) is 0.467. The Hall–Kier alpha value is -2.28. The molecule has 2 aromatic rings. The first-order chi connectivity index (χ1) is 10.8. The van der Waals surface area contributed by atoms with Gasteiger partial charge in [0.15, 0.2) is 11.5 Å². The average molecular weight is 306 g/mol. The Balaban J connectivity index is 1.97. The molecule has 2 heterocycles. The summed E-state index contributed by atoms with van der Waals surface area (Å²) in [6, 6.07) is 3.57. The molecule has 1 aliphatic rings. The molecule has 7 nitrogen and oxygen atoms in total. The molecule has 0 N–H and O–H groups in total. The first-order valence-electron chi connectivity index (χ1n) is 7.02. The van der Waals surface area contributed by atoms with Crippen molar-refractivity contribution in [2.24, 2.45) is 0 Å². The molecular weight excluding hydrogens is 288 g/mol. The molecule has 1 unspecified atom stereocenters. The number of rotatable bonds is 5. The Morgan fingerprint density at radius 1 is 1.09 bits per heavy atom. The summed E-state index contributed by atoms with van der Waals surface area (Å²) in [5, 5.41) is 4.02. The Morgan fingerprint density at radius 3 is 2.36 bits per heavy atom. The molecule has 1 aromatic carbocycles. The van der Waals surface area contributed by atoms with Gasteiger partial charge in [-0.25, -0.2) is 0 Å². The molecule has 1 aliphatic heterocycles. The molecule has 22 heavy (non-hydrogen) atoms.